The molecule has 2 amide bonds. The molecule has 2 fully saturated rings. The summed E-state index contributed by atoms with van der Waals surface area (Å²) in [6.45, 7) is 0.845. The second kappa shape index (κ2) is 8.27. The number of hydrogen-bond acceptors (Lipinski definition) is 2. The van der Waals surface area contributed by atoms with E-state index in [1.54, 1.807) is 0 Å². The van der Waals surface area contributed by atoms with Crippen molar-refractivity contribution in [3.05, 3.63) is 34.6 Å². The first-order valence-corrected chi connectivity index (χ1v) is 9.64. The Morgan fingerprint density at radius 2 is 1.68 bits per heavy atom. The number of amides is 2. The van der Waals surface area contributed by atoms with Crippen molar-refractivity contribution in [2.75, 3.05) is 26.2 Å². The van der Waals surface area contributed by atoms with Crippen LogP contribution in [0.25, 0.3) is 0 Å². The third-order valence-electron chi connectivity index (χ3n) is 5.52. The molecule has 154 valence electrons. The second-order valence-corrected chi connectivity index (χ2v) is 7.78. The average molecular weight is 421 g/mol. The van der Waals surface area contributed by atoms with Crippen molar-refractivity contribution >= 4 is 23.4 Å². The zero-order valence-electron chi connectivity index (χ0n) is 15.1. The van der Waals surface area contributed by atoms with Crippen LogP contribution in [0.15, 0.2) is 18.2 Å². The third kappa shape index (κ3) is 4.59. The molecule has 3 rings (SSSR count). The largest absolute Gasteiger partial charge is 0.391 e. The van der Waals surface area contributed by atoms with Gasteiger partial charge in [-0.05, 0) is 37.5 Å². The number of alkyl halides is 3. The van der Waals surface area contributed by atoms with Crippen molar-refractivity contribution in [1.29, 1.82) is 0 Å². The van der Waals surface area contributed by atoms with Gasteiger partial charge < -0.3 is 9.80 Å². The number of piperazine rings is 1. The lowest BCUT2D eigenvalue weighted by Gasteiger charge is -2.38. The van der Waals surface area contributed by atoms with Gasteiger partial charge in [-0.2, -0.15) is 13.2 Å². The Morgan fingerprint density at radius 1 is 1.04 bits per heavy atom. The van der Waals surface area contributed by atoms with E-state index in [1.807, 2.05) is 0 Å². The van der Waals surface area contributed by atoms with Crippen LogP contribution in [0.4, 0.5) is 17.6 Å². The Kier molecular flexibility index (Phi) is 6.17. The minimum atomic E-state index is -4.27. The van der Waals surface area contributed by atoms with Gasteiger partial charge >= 0.3 is 6.18 Å². The highest BCUT2D eigenvalue weighted by Gasteiger charge is 2.44. The van der Waals surface area contributed by atoms with Gasteiger partial charge in [-0.15, -0.1) is 0 Å². The summed E-state index contributed by atoms with van der Waals surface area (Å²) in [5.41, 5.74) is -0.132. The number of nitrogens with zero attached hydrogens (tertiary/aromatic N) is 2. The minimum Gasteiger partial charge on any atom is -0.339 e. The number of hydrogen-bond donors (Lipinski definition) is 0. The van der Waals surface area contributed by atoms with Crippen LogP contribution in [0.3, 0.4) is 0 Å². The Labute approximate surface area is 165 Å². The zero-order valence-corrected chi connectivity index (χ0v) is 15.9. The smallest absolute Gasteiger partial charge is 0.339 e. The van der Waals surface area contributed by atoms with E-state index >= 15 is 0 Å². The van der Waals surface area contributed by atoms with Crippen LogP contribution in [0.1, 0.15) is 36.0 Å². The summed E-state index contributed by atoms with van der Waals surface area (Å²) >= 11 is 5.82. The molecule has 0 radical (unpaired) electrons. The maximum Gasteiger partial charge on any atom is 0.391 e. The number of carbonyl (C=O) groups is 2. The van der Waals surface area contributed by atoms with Crippen LogP contribution in [-0.4, -0.2) is 54.0 Å². The fourth-order valence-corrected chi connectivity index (χ4v) is 4.10. The van der Waals surface area contributed by atoms with Gasteiger partial charge in [-0.3, -0.25) is 9.59 Å². The van der Waals surface area contributed by atoms with Crippen LogP contribution in [0.2, 0.25) is 5.02 Å². The van der Waals surface area contributed by atoms with E-state index < -0.39 is 29.7 Å². The summed E-state index contributed by atoms with van der Waals surface area (Å²) in [7, 11) is 0. The van der Waals surface area contributed by atoms with Gasteiger partial charge in [0, 0.05) is 37.1 Å². The van der Waals surface area contributed by atoms with E-state index in [0.29, 0.717) is 12.8 Å². The molecule has 2 unspecified atom stereocenters. The quantitative estimate of drug-likeness (QED) is 0.675. The zero-order chi connectivity index (χ0) is 20.5. The Bertz CT molecular complexity index is 748. The molecule has 1 saturated carbocycles. The fraction of sp³-hybridized carbons (Fsp3) is 0.579. The molecule has 0 N–H and O–H groups in total. The SMILES string of the molecule is O=C(c1cc(Cl)ccc1F)N1CCN(C(=O)C2CCCC(C(F)(F)F)C2)CC1. The van der Waals surface area contributed by atoms with E-state index in [4.69, 9.17) is 11.6 Å². The monoisotopic (exact) mass is 420 g/mol. The van der Waals surface area contributed by atoms with Gasteiger partial charge in [-0.1, -0.05) is 18.0 Å². The summed E-state index contributed by atoms with van der Waals surface area (Å²) in [6, 6.07) is 3.73. The molecule has 1 heterocycles. The lowest BCUT2D eigenvalue weighted by molar-refractivity contribution is -0.187. The van der Waals surface area contributed by atoms with Crippen LogP contribution in [0, 0.1) is 17.7 Å². The molecule has 2 aliphatic rings. The van der Waals surface area contributed by atoms with Gasteiger partial charge in [0.2, 0.25) is 5.91 Å². The molecule has 0 bridgehead atoms. The molecule has 0 spiro atoms. The van der Waals surface area contributed by atoms with E-state index in [2.05, 4.69) is 0 Å². The highest BCUT2D eigenvalue weighted by Crippen LogP contribution is 2.40. The van der Waals surface area contributed by atoms with Gasteiger partial charge in [0.05, 0.1) is 11.5 Å². The van der Waals surface area contributed by atoms with Crippen molar-refractivity contribution in [1.82, 2.24) is 9.80 Å². The topological polar surface area (TPSA) is 40.6 Å². The van der Waals surface area contributed by atoms with Crippen molar-refractivity contribution in [3.63, 3.8) is 0 Å². The maximum atomic E-state index is 13.9. The number of halogens is 5. The fourth-order valence-electron chi connectivity index (χ4n) is 3.93. The molecule has 1 saturated heterocycles. The predicted molar refractivity (Wildman–Crippen MR) is 95.4 cm³/mol. The molecule has 0 aromatic heterocycles. The van der Waals surface area contributed by atoms with Gasteiger partial charge in [0.15, 0.2) is 0 Å². The Morgan fingerprint density at radius 3 is 2.32 bits per heavy atom. The molecular weight excluding hydrogens is 400 g/mol. The Hall–Kier alpha value is -1.83. The first kappa shape index (κ1) is 20.9. The molecule has 1 aliphatic carbocycles. The number of rotatable bonds is 2. The molecule has 1 aliphatic heterocycles. The standard InChI is InChI=1S/C19H21ClF4N2O2/c20-14-4-5-16(21)15(11-14)18(28)26-8-6-25(7-9-26)17(27)12-2-1-3-13(10-12)19(22,23)24/h4-5,11-13H,1-3,6-10H2. The summed E-state index contributed by atoms with van der Waals surface area (Å²) in [5.74, 6) is -3.53. The van der Waals surface area contributed by atoms with E-state index in [9.17, 15) is 27.2 Å². The summed E-state index contributed by atoms with van der Waals surface area (Å²) < 4.78 is 52.8. The third-order valence-corrected chi connectivity index (χ3v) is 5.76. The highest BCUT2D eigenvalue weighted by molar-refractivity contribution is 6.31. The van der Waals surface area contributed by atoms with Crippen molar-refractivity contribution in [2.45, 2.75) is 31.9 Å². The lowest BCUT2D eigenvalue weighted by Crippen LogP contribution is -2.52. The molecule has 1 aromatic rings. The van der Waals surface area contributed by atoms with Crippen LogP contribution in [0.5, 0.6) is 0 Å². The molecule has 4 nitrogen and oxygen atoms in total. The number of carbonyl (C=O) groups excluding carboxylic acids is 2. The molecule has 1 aromatic carbocycles. The molecule has 2 atom stereocenters. The predicted octanol–water partition coefficient (Wildman–Crippen LogP) is 4.13. The van der Waals surface area contributed by atoms with E-state index in [1.165, 1.54) is 21.9 Å². The van der Waals surface area contributed by atoms with Crippen LogP contribution >= 0.6 is 11.6 Å². The van der Waals surface area contributed by atoms with Gasteiger partial charge in [-0.25, -0.2) is 4.39 Å². The molecular formula is C19H21ClF4N2O2. The van der Waals surface area contributed by atoms with E-state index in [0.717, 1.165) is 6.07 Å². The molecule has 9 heteroatoms. The summed E-state index contributed by atoms with van der Waals surface area (Å²) in [5, 5.41) is 0.245. The van der Waals surface area contributed by atoms with Gasteiger partial charge in [0.1, 0.15) is 5.82 Å². The summed E-state index contributed by atoms with van der Waals surface area (Å²) in [6.07, 6.45) is -3.54. The van der Waals surface area contributed by atoms with Crippen molar-refractivity contribution in [3.8, 4) is 0 Å². The highest BCUT2D eigenvalue weighted by atomic mass is 35.5. The lowest BCUT2D eigenvalue weighted by atomic mass is 9.80. The van der Waals surface area contributed by atoms with Crippen LogP contribution < -0.4 is 0 Å². The Balaban J connectivity index is 1.58. The average Bonchev–Trinajstić information content (AvgIpc) is 2.68. The normalized spacial score (nSPS) is 23.6. The minimum absolute atomic E-state index is 0.0702. The number of benzene rings is 1. The summed E-state index contributed by atoms with van der Waals surface area (Å²) in [4.78, 5) is 28.1. The van der Waals surface area contributed by atoms with Crippen molar-refractivity contribution in [2.24, 2.45) is 11.8 Å². The van der Waals surface area contributed by atoms with Crippen molar-refractivity contribution < 1.29 is 27.2 Å². The van der Waals surface area contributed by atoms with Crippen LogP contribution in [-0.2, 0) is 4.79 Å². The van der Waals surface area contributed by atoms with Gasteiger partial charge in [0.25, 0.3) is 5.91 Å². The van der Waals surface area contributed by atoms with E-state index in [-0.39, 0.29) is 55.5 Å². The molecule has 28 heavy (non-hydrogen) atoms. The first-order valence-electron chi connectivity index (χ1n) is 9.26. The second-order valence-electron chi connectivity index (χ2n) is 7.34. The first-order chi connectivity index (χ1) is 13.2. The maximum absolute atomic E-state index is 13.9.